The van der Waals surface area contributed by atoms with Gasteiger partial charge in [-0.3, -0.25) is 13.9 Å². The Labute approximate surface area is 255 Å². The Bertz CT molecular complexity index is 1460. The number of hydrogen-bond donors (Lipinski definition) is 1. The van der Waals surface area contributed by atoms with Gasteiger partial charge in [-0.15, -0.1) is 0 Å². The van der Waals surface area contributed by atoms with E-state index in [-0.39, 0.29) is 39.5 Å². The summed E-state index contributed by atoms with van der Waals surface area (Å²) in [6.07, 6.45) is 0.261. The largest absolute Gasteiger partial charge is 0.355 e. The average Bonchev–Trinajstić information content (AvgIpc) is 2.90. The Balaban J connectivity index is 2.12. The summed E-state index contributed by atoms with van der Waals surface area (Å²) in [4.78, 5) is 28.4. The first kappa shape index (κ1) is 32.0. The third-order valence-electron chi connectivity index (χ3n) is 6.21. The molecule has 7 nitrogen and oxygen atoms in total. The SMILES string of the molecule is CCNC(=O)[C@@H](CC)N(Cc1c(Cl)cccc1Cl)C(=O)CN(c1ccc(Cl)c(Cl)c1)S(=O)(=O)c1ccc(C)cc1. The number of carbonyl (C=O) groups excluding carboxylic acids is 2. The van der Waals surface area contributed by atoms with Crippen molar-refractivity contribution >= 4 is 73.9 Å². The van der Waals surface area contributed by atoms with E-state index in [1.165, 1.54) is 35.2 Å². The lowest BCUT2D eigenvalue weighted by Crippen LogP contribution is -2.52. The van der Waals surface area contributed by atoms with Gasteiger partial charge in [0.25, 0.3) is 10.0 Å². The van der Waals surface area contributed by atoms with Crippen LogP contribution in [0.2, 0.25) is 20.1 Å². The van der Waals surface area contributed by atoms with Crippen LogP contribution in [0.25, 0.3) is 0 Å². The maximum atomic E-state index is 14.0. The van der Waals surface area contributed by atoms with E-state index >= 15 is 0 Å². The summed E-state index contributed by atoms with van der Waals surface area (Å²) in [5.41, 5.74) is 1.43. The summed E-state index contributed by atoms with van der Waals surface area (Å²) in [6, 6.07) is 14.5. The van der Waals surface area contributed by atoms with Crippen LogP contribution >= 0.6 is 46.4 Å². The fraction of sp³-hybridized carbons (Fsp3) is 0.286. The summed E-state index contributed by atoms with van der Waals surface area (Å²) < 4.78 is 28.7. The molecule has 3 aromatic carbocycles. The van der Waals surface area contributed by atoms with Gasteiger partial charge in [0, 0.05) is 28.7 Å². The molecule has 0 saturated carbocycles. The number of nitrogens with zero attached hydrogens (tertiary/aromatic N) is 2. The van der Waals surface area contributed by atoms with Crippen LogP contribution in [0.4, 0.5) is 5.69 Å². The van der Waals surface area contributed by atoms with Crippen LogP contribution in [0.5, 0.6) is 0 Å². The zero-order chi connectivity index (χ0) is 29.6. The van der Waals surface area contributed by atoms with Gasteiger partial charge in [-0.05, 0) is 62.7 Å². The zero-order valence-electron chi connectivity index (χ0n) is 22.1. The van der Waals surface area contributed by atoms with Gasteiger partial charge >= 0.3 is 0 Å². The zero-order valence-corrected chi connectivity index (χ0v) is 26.0. The molecule has 1 atom stereocenters. The summed E-state index contributed by atoms with van der Waals surface area (Å²) >= 11 is 25.1. The Hall–Kier alpha value is -2.49. The van der Waals surface area contributed by atoms with Gasteiger partial charge in [0.2, 0.25) is 11.8 Å². The fourth-order valence-electron chi connectivity index (χ4n) is 4.07. The predicted molar refractivity (Wildman–Crippen MR) is 162 cm³/mol. The summed E-state index contributed by atoms with van der Waals surface area (Å²) in [7, 11) is -4.25. The first-order chi connectivity index (χ1) is 18.9. The lowest BCUT2D eigenvalue weighted by Gasteiger charge is -2.33. The van der Waals surface area contributed by atoms with Crippen LogP contribution in [-0.2, 0) is 26.2 Å². The molecule has 2 amide bonds. The van der Waals surface area contributed by atoms with Crippen molar-refractivity contribution in [3.8, 4) is 0 Å². The molecule has 0 bridgehead atoms. The summed E-state index contributed by atoms with van der Waals surface area (Å²) in [6.45, 7) is 4.96. The van der Waals surface area contributed by atoms with Crippen molar-refractivity contribution in [1.82, 2.24) is 10.2 Å². The summed E-state index contributed by atoms with van der Waals surface area (Å²) in [5.74, 6) is -1.03. The maximum Gasteiger partial charge on any atom is 0.264 e. The van der Waals surface area contributed by atoms with Gasteiger partial charge in [0.1, 0.15) is 12.6 Å². The highest BCUT2D eigenvalue weighted by atomic mass is 35.5. The van der Waals surface area contributed by atoms with Gasteiger partial charge in [0.05, 0.1) is 20.6 Å². The van der Waals surface area contributed by atoms with Crippen molar-refractivity contribution in [2.24, 2.45) is 0 Å². The van der Waals surface area contributed by atoms with Crippen molar-refractivity contribution in [3.63, 3.8) is 0 Å². The number of halogens is 4. The minimum absolute atomic E-state index is 0.0200. The Kier molecular flexibility index (Phi) is 11.1. The van der Waals surface area contributed by atoms with Crippen LogP contribution in [0, 0.1) is 6.92 Å². The third kappa shape index (κ3) is 7.42. The number of sulfonamides is 1. The van der Waals surface area contributed by atoms with Gasteiger partial charge in [-0.2, -0.15) is 0 Å². The van der Waals surface area contributed by atoms with Crippen molar-refractivity contribution in [2.45, 2.75) is 44.7 Å². The number of benzene rings is 3. The molecule has 0 fully saturated rings. The molecule has 12 heteroatoms. The Morgan fingerprint density at radius 1 is 0.875 bits per heavy atom. The second kappa shape index (κ2) is 13.9. The van der Waals surface area contributed by atoms with Crippen LogP contribution in [-0.4, -0.2) is 44.3 Å². The minimum Gasteiger partial charge on any atom is -0.355 e. The molecule has 0 aromatic heterocycles. The molecule has 40 heavy (non-hydrogen) atoms. The van der Waals surface area contributed by atoms with E-state index in [4.69, 9.17) is 46.4 Å². The molecule has 0 aliphatic rings. The van der Waals surface area contributed by atoms with Crippen molar-refractivity contribution < 1.29 is 18.0 Å². The number of carbonyl (C=O) groups is 2. The van der Waals surface area contributed by atoms with E-state index in [9.17, 15) is 18.0 Å². The molecular formula is C28H29Cl4N3O4S. The van der Waals surface area contributed by atoms with Crippen molar-refractivity contribution in [1.29, 1.82) is 0 Å². The van der Waals surface area contributed by atoms with Gasteiger partial charge in [-0.25, -0.2) is 8.42 Å². The van der Waals surface area contributed by atoms with Gasteiger partial charge in [0.15, 0.2) is 0 Å². The van der Waals surface area contributed by atoms with E-state index < -0.39 is 28.5 Å². The van der Waals surface area contributed by atoms with Crippen LogP contribution < -0.4 is 9.62 Å². The smallest absolute Gasteiger partial charge is 0.264 e. The Morgan fingerprint density at radius 2 is 1.50 bits per heavy atom. The monoisotopic (exact) mass is 643 g/mol. The number of likely N-dealkylation sites (N-methyl/N-ethyl adjacent to an activating group) is 1. The number of aryl methyl sites for hydroxylation is 1. The van der Waals surface area contributed by atoms with Crippen LogP contribution in [0.3, 0.4) is 0 Å². The van der Waals surface area contributed by atoms with Gasteiger partial charge in [-0.1, -0.05) is 77.1 Å². The molecule has 0 aliphatic carbocycles. The van der Waals surface area contributed by atoms with Crippen LogP contribution in [0.1, 0.15) is 31.4 Å². The molecule has 1 N–H and O–H groups in total. The normalized spacial score (nSPS) is 12.1. The van der Waals surface area contributed by atoms with E-state index in [1.807, 2.05) is 6.92 Å². The highest BCUT2D eigenvalue weighted by Gasteiger charge is 2.34. The molecule has 0 radical (unpaired) electrons. The van der Waals surface area contributed by atoms with Gasteiger partial charge < -0.3 is 10.2 Å². The first-order valence-corrected chi connectivity index (χ1v) is 15.4. The predicted octanol–water partition coefficient (Wildman–Crippen LogP) is 6.75. The number of nitrogens with one attached hydrogen (secondary N) is 1. The molecular weight excluding hydrogens is 616 g/mol. The number of amides is 2. The molecule has 214 valence electrons. The molecule has 3 aromatic rings. The van der Waals surface area contributed by atoms with Crippen molar-refractivity contribution in [2.75, 3.05) is 17.4 Å². The topological polar surface area (TPSA) is 86.8 Å². The van der Waals surface area contributed by atoms with E-state index in [0.717, 1.165) is 9.87 Å². The summed E-state index contributed by atoms with van der Waals surface area (Å²) in [5, 5.41) is 3.70. The van der Waals surface area contributed by atoms with E-state index in [1.54, 1.807) is 44.2 Å². The van der Waals surface area contributed by atoms with E-state index in [2.05, 4.69) is 5.32 Å². The number of anilines is 1. The number of rotatable bonds is 11. The van der Waals surface area contributed by atoms with Crippen molar-refractivity contribution in [3.05, 3.63) is 91.9 Å². The lowest BCUT2D eigenvalue weighted by atomic mass is 10.1. The fourth-order valence-corrected chi connectivity index (χ4v) is 6.29. The van der Waals surface area contributed by atoms with Crippen LogP contribution in [0.15, 0.2) is 65.6 Å². The second-order valence-corrected chi connectivity index (χ2v) is 12.5. The standard InChI is InChI=1S/C28H29Cl4N3O4S/c1-4-26(28(37)33-5-2)34(16-21-22(29)7-6-8-23(21)30)27(36)17-35(19-11-14-24(31)25(32)15-19)40(38,39)20-12-9-18(3)10-13-20/h6-15,26H,4-5,16-17H2,1-3H3,(H,33,37)/t26-/m1/s1. The second-order valence-electron chi connectivity index (χ2n) is 8.96. The molecule has 0 spiro atoms. The quantitative estimate of drug-likeness (QED) is 0.250. The lowest BCUT2D eigenvalue weighted by molar-refractivity contribution is -0.140. The van der Waals surface area contributed by atoms with E-state index in [0.29, 0.717) is 22.2 Å². The Morgan fingerprint density at radius 3 is 2.05 bits per heavy atom. The third-order valence-corrected chi connectivity index (χ3v) is 9.44. The highest BCUT2D eigenvalue weighted by molar-refractivity contribution is 7.92. The molecule has 0 aliphatic heterocycles. The molecule has 0 unspecified atom stereocenters. The molecule has 0 heterocycles. The average molecular weight is 645 g/mol. The number of hydrogen-bond acceptors (Lipinski definition) is 4. The molecule has 0 saturated heterocycles. The maximum absolute atomic E-state index is 14.0. The highest BCUT2D eigenvalue weighted by Crippen LogP contribution is 2.32. The first-order valence-electron chi connectivity index (χ1n) is 12.4. The minimum atomic E-state index is -4.25. The molecule has 3 rings (SSSR count).